The molecule has 3 aliphatic rings. The highest BCUT2D eigenvalue weighted by Crippen LogP contribution is 2.62. The van der Waals surface area contributed by atoms with Crippen LogP contribution in [0.5, 0.6) is 5.75 Å². The third kappa shape index (κ3) is 3.38. The van der Waals surface area contributed by atoms with Crippen LogP contribution in [0.3, 0.4) is 0 Å². The zero-order chi connectivity index (χ0) is 25.9. The normalized spacial score (nSPS) is 21.4. The predicted octanol–water partition coefficient (Wildman–Crippen LogP) is 7.74. The molecule has 1 spiro atoms. The molecule has 2 unspecified atom stereocenters. The number of rotatable bonds is 4. The van der Waals surface area contributed by atoms with Crippen molar-refractivity contribution in [1.29, 1.82) is 5.26 Å². The van der Waals surface area contributed by atoms with Crippen molar-refractivity contribution in [2.75, 3.05) is 11.4 Å². The summed E-state index contributed by atoms with van der Waals surface area (Å²) in [4.78, 5) is 16.5. The van der Waals surface area contributed by atoms with E-state index in [1.54, 1.807) is 6.07 Å². The summed E-state index contributed by atoms with van der Waals surface area (Å²) in [6.45, 7) is 4.71. The van der Waals surface area contributed by atoms with Gasteiger partial charge in [-0.3, -0.25) is 4.79 Å². The van der Waals surface area contributed by atoms with Gasteiger partial charge in [-0.05, 0) is 67.0 Å². The van der Waals surface area contributed by atoms with Crippen LogP contribution in [0.25, 0.3) is 5.57 Å². The molecule has 0 bridgehead atoms. The molecule has 184 valence electrons. The van der Waals surface area contributed by atoms with Gasteiger partial charge in [-0.1, -0.05) is 66.4 Å². The van der Waals surface area contributed by atoms with E-state index in [0.29, 0.717) is 27.9 Å². The van der Waals surface area contributed by atoms with Gasteiger partial charge in [0.1, 0.15) is 17.3 Å². The zero-order valence-corrected chi connectivity index (χ0v) is 22.0. The monoisotopic (exact) mass is 526 g/mol. The van der Waals surface area contributed by atoms with Gasteiger partial charge in [0, 0.05) is 39.0 Å². The summed E-state index contributed by atoms with van der Waals surface area (Å²) in [5.74, 6) is 0.520. The molecule has 0 aromatic heterocycles. The maximum absolute atomic E-state index is 14.6. The Bertz CT molecular complexity index is 1580. The number of nitrogens with zero attached hydrogens (tertiary/aromatic N) is 2. The number of benzene rings is 3. The van der Waals surface area contributed by atoms with E-state index in [1.165, 1.54) is 0 Å². The van der Waals surface area contributed by atoms with Crippen molar-refractivity contribution in [1.82, 2.24) is 0 Å². The number of carbonyl (C=O) groups is 1. The third-order valence-electron chi connectivity index (χ3n) is 7.53. The molecular formula is C31H24Cl2N2O2. The molecular weight excluding hydrogens is 503 g/mol. The number of hydrogen-bond acceptors (Lipinski definition) is 3. The van der Waals surface area contributed by atoms with Crippen LogP contribution in [0.4, 0.5) is 5.69 Å². The molecule has 3 aromatic rings. The van der Waals surface area contributed by atoms with Crippen LogP contribution < -0.4 is 9.64 Å². The van der Waals surface area contributed by atoms with Crippen LogP contribution in [-0.2, 0) is 10.2 Å². The number of unbranched alkanes of at least 4 members (excludes halogenated alkanes) is 1. The number of anilines is 1. The summed E-state index contributed by atoms with van der Waals surface area (Å²) in [6, 6.07) is 21.5. The van der Waals surface area contributed by atoms with Crippen LogP contribution in [0.1, 0.15) is 48.1 Å². The molecule has 0 radical (unpaired) electrons. The van der Waals surface area contributed by atoms with Gasteiger partial charge in [0.2, 0.25) is 5.91 Å². The molecule has 2 heterocycles. The average molecular weight is 527 g/mol. The first-order valence-corrected chi connectivity index (χ1v) is 13.2. The Morgan fingerprint density at radius 3 is 2.65 bits per heavy atom. The van der Waals surface area contributed by atoms with E-state index in [0.717, 1.165) is 51.9 Å². The number of halogens is 2. The molecule has 1 amide bonds. The molecule has 3 aromatic carbocycles. The highest BCUT2D eigenvalue weighted by Gasteiger charge is 2.61. The lowest BCUT2D eigenvalue weighted by molar-refractivity contribution is -0.120. The fourth-order valence-electron chi connectivity index (χ4n) is 5.93. The summed E-state index contributed by atoms with van der Waals surface area (Å²) in [5, 5.41) is 11.6. The molecule has 6 heteroatoms. The lowest BCUT2D eigenvalue weighted by Crippen LogP contribution is -2.42. The van der Waals surface area contributed by atoms with Crippen molar-refractivity contribution in [2.45, 2.75) is 38.2 Å². The van der Waals surface area contributed by atoms with Gasteiger partial charge in [0.15, 0.2) is 0 Å². The topological polar surface area (TPSA) is 53.3 Å². The SMILES string of the molecule is CCCCN1C(=O)C2(C(C#N)=CC3=C2c2cc(Cl)ccc2OC3c2cccc(Cl)c2)c2cc(C)ccc21. The summed E-state index contributed by atoms with van der Waals surface area (Å²) in [6.07, 6.45) is 3.13. The smallest absolute Gasteiger partial charge is 0.247 e. The Labute approximate surface area is 226 Å². The van der Waals surface area contributed by atoms with Crippen LogP contribution in [0, 0.1) is 18.3 Å². The van der Waals surface area contributed by atoms with Crippen molar-refractivity contribution >= 4 is 40.4 Å². The summed E-state index contributed by atoms with van der Waals surface area (Å²) in [7, 11) is 0. The van der Waals surface area contributed by atoms with Crippen LogP contribution >= 0.6 is 23.2 Å². The summed E-state index contributed by atoms with van der Waals surface area (Å²) < 4.78 is 6.52. The second-order valence-corrected chi connectivity index (χ2v) is 10.6. The lowest BCUT2D eigenvalue weighted by atomic mass is 9.68. The van der Waals surface area contributed by atoms with E-state index >= 15 is 0 Å². The van der Waals surface area contributed by atoms with Gasteiger partial charge in [-0.25, -0.2) is 0 Å². The minimum absolute atomic E-state index is 0.1000. The number of hydrogen-bond donors (Lipinski definition) is 0. The minimum Gasteiger partial charge on any atom is -0.480 e. The Kier molecular flexibility index (Phi) is 5.67. The lowest BCUT2D eigenvalue weighted by Gasteiger charge is -2.35. The molecule has 1 aliphatic carbocycles. The second-order valence-electron chi connectivity index (χ2n) is 9.77. The minimum atomic E-state index is -1.26. The van der Waals surface area contributed by atoms with Gasteiger partial charge in [0.05, 0.1) is 11.6 Å². The molecule has 0 saturated carbocycles. The fraction of sp³-hybridized carbons (Fsp3) is 0.226. The van der Waals surface area contributed by atoms with Gasteiger partial charge >= 0.3 is 0 Å². The van der Waals surface area contributed by atoms with Crippen molar-refractivity contribution in [2.24, 2.45) is 0 Å². The van der Waals surface area contributed by atoms with Gasteiger partial charge in [0.25, 0.3) is 0 Å². The molecule has 0 fully saturated rings. The van der Waals surface area contributed by atoms with E-state index in [1.807, 2.05) is 72.5 Å². The number of nitriles is 1. The van der Waals surface area contributed by atoms with E-state index in [4.69, 9.17) is 27.9 Å². The van der Waals surface area contributed by atoms with Crippen molar-refractivity contribution in [3.63, 3.8) is 0 Å². The van der Waals surface area contributed by atoms with E-state index in [2.05, 4.69) is 13.0 Å². The number of aryl methyl sites for hydroxylation is 1. The zero-order valence-electron chi connectivity index (χ0n) is 20.5. The largest absolute Gasteiger partial charge is 0.480 e. The fourth-order valence-corrected chi connectivity index (χ4v) is 6.30. The highest BCUT2D eigenvalue weighted by molar-refractivity contribution is 6.31. The summed E-state index contributed by atoms with van der Waals surface area (Å²) >= 11 is 12.9. The first-order chi connectivity index (χ1) is 17.9. The number of fused-ring (bicyclic) bond motifs is 5. The Morgan fingerprint density at radius 1 is 1.08 bits per heavy atom. The van der Waals surface area contributed by atoms with E-state index in [9.17, 15) is 10.1 Å². The molecule has 37 heavy (non-hydrogen) atoms. The number of carbonyl (C=O) groups excluding carboxylic acids is 1. The predicted molar refractivity (Wildman–Crippen MR) is 147 cm³/mol. The average Bonchev–Trinajstić information content (AvgIpc) is 3.36. The van der Waals surface area contributed by atoms with Crippen LogP contribution in [0.15, 0.2) is 77.9 Å². The Balaban J connectivity index is 1.69. The van der Waals surface area contributed by atoms with Gasteiger partial charge < -0.3 is 9.64 Å². The first kappa shape index (κ1) is 23.9. The molecule has 0 N–H and O–H groups in total. The van der Waals surface area contributed by atoms with Crippen LogP contribution in [0.2, 0.25) is 10.0 Å². The summed E-state index contributed by atoms with van der Waals surface area (Å²) in [5.41, 5.74) is 5.00. The molecule has 0 saturated heterocycles. The second kappa shape index (κ2) is 8.80. The third-order valence-corrected chi connectivity index (χ3v) is 8.00. The maximum atomic E-state index is 14.6. The van der Waals surface area contributed by atoms with E-state index in [-0.39, 0.29) is 5.91 Å². The van der Waals surface area contributed by atoms with Gasteiger partial charge in [-0.2, -0.15) is 5.26 Å². The molecule has 2 atom stereocenters. The maximum Gasteiger partial charge on any atom is 0.247 e. The van der Waals surface area contributed by atoms with Crippen molar-refractivity contribution < 1.29 is 9.53 Å². The van der Waals surface area contributed by atoms with Gasteiger partial charge in [-0.15, -0.1) is 0 Å². The standard InChI is InChI=1S/C31H24Cl2N2O2/c1-3-4-12-35-26-10-8-18(2)13-25(26)31(30(35)36)20(17-34)15-24-28(31)23-16-22(33)9-11-27(23)37-29(24)19-6-5-7-21(32)14-19/h5-11,13-16,29H,3-4,12H2,1-2H3. The Hall–Kier alpha value is -3.52. The molecule has 2 aliphatic heterocycles. The first-order valence-electron chi connectivity index (χ1n) is 12.4. The van der Waals surface area contributed by atoms with Crippen LogP contribution in [-0.4, -0.2) is 12.5 Å². The van der Waals surface area contributed by atoms with Crippen molar-refractivity contribution in [3.8, 4) is 11.8 Å². The molecule has 4 nitrogen and oxygen atoms in total. The number of amides is 1. The molecule has 6 rings (SSSR count). The van der Waals surface area contributed by atoms with Crippen molar-refractivity contribution in [3.05, 3.63) is 110 Å². The Morgan fingerprint density at radius 2 is 1.89 bits per heavy atom. The van der Waals surface area contributed by atoms with E-state index < -0.39 is 11.5 Å². The highest BCUT2D eigenvalue weighted by atomic mass is 35.5. The number of ether oxygens (including phenoxy) is 1. The quantitative estimate of drug-likeness (QED) is 0.349.